The van der Waals surface area contributed by atoms with Gasteiger partial charge in [-0.15, -0.1) is 0 Å². The second-order valence-electron chi connectivity index (χ2n) is 28.8. The summed E-state index contributed by atoms with van der Waals surface area (Å²) in [6, 6.07) is 19.7. The number of dihydropyridines is 1. The maximum Gasteiger partial charge on any atom is 0.229 e. The summed E-state index contributed by atoms with van der Waals surface area (Å²) < 4.78 is 13.6. The van der Waals surface area contributed by atoms with Gasteiger partial charge in [0.05, 0.1) is 36.4 Å². The van der Waals surface area contributed by atoms with Gasteiger partial charge in [0.2, 0.25) is 6.29 Å². The van der Waals surface area contributed by atoms with Crippen LogP contribution in [-0.2, 0) is 29.0 Å². The molecule has 16 rings (SSSR count). The van der Waals surface area contributed by atoms with Gasteiger partial charge in [-0.25, -0.2) is 0 Å². The number of aliphatic hydroxyl groups excluding tert-OH is 6. The molecule has 0 aromatic heterocycles. The van der Waals surface area contributed by atoms with E-state index in [9.17, 15) is 45.6 Å². The van der Waals surface area contributed by atoms with Crippen LogP contribution in [0, 0.1) is 68.5 Å². The summed E-state index contributed by atoms with van der Waals surface area (Å²) in [6.45, 7) is -0.585. The molecule has 18 atom stereocenters. The number of ether oxygens (including phenoxy) is 2. The van der Waals surface area contributed by atoms with Gasteiger partial charge >= 0.3 is 0 Å². The molecule has 5 spiro atoms. The Hall–Kier alpha value is -4.95. The quantitative estimate of drug-likeness (QED) is 0.0674. The molecule has 15 nitrogen and oxygen atoms in total. The number of aromatic hydroxyl groups is 1. The van der Waals surface area contributed by atoms with Crippen molar-refractivity contribution < 1.29 is 64.7 Å². The Kier molecular flexibility index (Phi) is 13.9. The third-order valence-corrected chi connectivity index (χ3v) is 27.2. The molecule has 456 valence electrons. The summed E-state index contributed by atoms with van der Waals surface area (Å²) in [4.78, 5) is 45.9. The van der Waals surface area contributed by atoms with Crippen molar-refractivity contribution >= 4 is 39.4 Å². The van der Waals surface area contributed by atoms with Gasteiger partial charge < -0.3 is 65.8 Å². The van der Waals surface area contributed by atoms with Crippen LogP contribution in [0.4, 0.5) is 0 Å². The van der Waals surface area contributed by atoms with Crippen molar-refractivity contribution in [2.75, 3.05) is 25.6 Å². The fourth-order valence-electron chi connectivity index (χ4n) is 21.6. The maximum absolute atomic E-state index is 16.2. The fourth-order valence-corrected chi connectivity index (χ4v) is 24.5. The number of hydrogen-bond acceptors (Lipinski definition) is 17. The van der Waals surface area contributed by atoms with Crippen molar-refractivity contribution in [1.29, 1.82) is 0 Å². The lowest BCUT2D eigenvalue weighted by Crippen LogP contribution is -2.81. The molecule has 10 N–H and O–H groups in total. The molecule has 1 saturated heterocycles. The predicted octanol–water partition coefficient (Wildman–Crippen LogP) is 8.49. The van der Waals surface area contributed by atoms with Crippen molar-refractivity contribution in [1.82, 2.24) is 10.6 Å². The Bertz CT molecular complexity index is 3440. The van der Waals surface area contributed by atoms with E-state index in [1.54, 1.807) is 30.4 Å². The number of fused-ring (bicyclic) bond motifs is 2. The zero-order valence-corrected chi connectivity index (χ0v) is 50.1. The molecule has 13 aliphatic rings. The highest BCUT2D eigenvalue weighted by atomic mass is 33.1. The second kappa shape index (κ2) is 20.8. The first kappa shape index (κ1) is 57.5. The first-order chi connectivity index (χ1) is 41.5. The molecule has 0 radical (unpaired) electrons. The topological polar surface area (TPSA) is 256 Å². The van der Waals surface area contributed by atoms with Crippen molar-refractivity contribution in [2.45, 2.75) is 151 Å². The maximum atomic E-state index is 16.2. The molecule has 10 bridgehead atoms. The van der Waals surface area contributed by atoms with Crippen LogP contribution in [0.3, 0.4) is 0 Å². The zero-order chi connectivity index (χ0) is 59.3. The van der Waals surface area contributed by atoms with Crippen LogP contribution in [0.1, 0.15) is 134 Å². The van der Waals surface area contributed by atoms with Crippen molar-refractivity contribution in [3.63, 3.8) is 0 Å². The van der Waals surface area contributed by atoms with Crippen molar-refractivity contribution in [3.8, 4) is 11.5 Å². The third kappa shape index (κ3) is 8.36. The minimum Gasteiger partial charge on any atom is -0.511 e. The molecule has 3 aromatic carbocycles. The van der Waals surface area contributed by atoms with E-state index in [1.807, 2.05) is 36.4 Å². The Morgan fingerprint density at radius 3 is 2.47 bits per heavy atom. The Balaban J connectivity index is 0.834. The second-order valence-corrected chi connectivity index (χ2v) is 31.4. The minimum absolute atomic E-state index is 0.0360. The van der Waals surface area contributed by atoms with Gasteiger partial charge in [-0.2, -0.15) is 0 Å². The lowest BCUT2D eigenvalue weighted by atomic mass is 9.46. The minimum atomic E-state index is -2.38. The van der Waals surface area contributed by atoms with Crippen LogP contribution >= 0.6 is 21.6 Å². The first-order valence-electron chi connectivity index (χ1n) is 31.6. The Morgan fingerprint density at radius 1 is 0.837 bits per heavy atom. The number of aldehydes is 1. The number of aliphatic hydroxyl groups is 7. The van der Waals surface area contributed by atoms with Crippen molar-refractivity contribution in [2.24, 2.45) is 68.5 Å². The molecule has 3 aromatic rings. The number of carbonyl (C=O) groups excluding carboxylic acids is 3. The van der Waals surface area contributed by atoms with E-state index in [1.165, 1.54) is 39.5 Å². The van der Waals surface area contributed by atoms with Crippen molar-refractivity contribution in [3.05, 3.63) is 141 Å². The number of ketones is 2. The number of rotatable bonds is 10. The molecular weight excluding hydrogens is 1130 g/mol. The lowest BCUT2D eigenvalue weighted by molar-refractivity contribution is -0.392. The van der Waals surface area contributed by atoms with E-state index >= 15 is 9.59 Å². The summed E-state index contributed by atoms with van der Waals surface area (Å²) in [6.07, 6.45) is 14.2. The smallest absolute Gasteiger partial charge is 0.229 e. The van der Waals surface area contributed by atoms with Gasteiger partial charge in [0, 0.05) is 41.2 Å². The molecule has 3 aliphatic heterocycles. The van der Waals surface area contributed by atoms with E-state index in [4.69, 9.17) is 9.47 Å². The van der Waals surface area contributed by atoms with E-state index in [-0.39, 0.29) is 89.6 Å². The summed E-state index contributed by atoms with van der Waals surface area (Å²) >= 11 is 0. The summed E-state index contributed by atoms with van der Waals surface area (Å²) in [5, 5.41) is 103. The first-order valence-corrected chi connectivity index (χ1v) is 34.0. The number of carbonyl (C=O) groups is 3. The Labute approximate surface area is 509 Å². The van der Waals surface area contributed by atoms with Crippen LogP contribution in [0.2, 0.25) is 0 Å². The van der Waals surface area contributed by atoms with Gasteiger partial charge in [0.1, 0.15) is 52.4 Å². The van der Waals surface area contributed by atoms with E-state index < -0.39 is 81.2 Å². The molecule has 17 heteroatoms. The Morgan fingerprint density at radius 2 is 1.65 bits per heavy atom. The molecule has 7 fully saturated rings. The standard InChI is InChI=1S/C69H80N2O13S2/c72-16-4-11-54-68-51(21-42(22-53(68)77)19-38-5-1-7-41(18-38)31-73)57(78)48-9-3-10-52(56(48)59(68)79)83-61-60(80)69(82)58-44(27-66(36-75,84-61)62(69)81)23-43-24-45-29-65(35-67(45,58)50-25-55(70-30-49(43)50)71-37-85-86-54)34-64(28-46(65)32-74)15-14-63(33-64)13-12-40(26-63)17-39-6-2-8-47(76)20-39/h1-3,5-10,18,20-22,25,32,40,43-46,51,54,58,60-62,70-73,75-77,80-82H,4,11-17,19,23-24,26-31,33-37H2/t40-,43+,44+,45-,46-,51-,54+,58+,60+,61-,62-,63-,64+,65+,66-,67-,68+,69-/m1/s1. The molecule has 3 heterocycles. The number of hydrogen-bond donors (Lipinski definition) is 10. The molecule has 6 saturated carbocycles. The van der Waals surface area contributed by atoms with Crippen LogP contribution in [-0.4, -0.2) is 119 Å². The highest BCUT2D eigenvalue weighted by Gasteiger charge is 2.79. The molecule has 86 heavy (non-hydrogen) atoms. The molecular formula is C69H80N2O13S2. The molecule has 0 unspecified atom stereocenters. The highest BCUT2D eigenvalue weighted by molar-refractivity contribution is 8.76. The zero-order valence-electron chi connectivity index (χ0n) is 48.5. The van der Waals surface area contributed by atoms with Gasteiger partial charge in [-0.3, -0.25) is 9.59 Å². The van der Waals surface area contributed by atoms with Crippen LogP contribution < -0.4 is 15.4 Å². The van der Waals surface area contributed by atoms with E-state index in [0.29, 0.717) is 54.5 Å². The number of phenols is 1. The SMILES string of the molecule is O=C[C@H]1C[C@]2(CC[C@@]3(CC[C@H](Cc4cccc(O)c4)C3)C2)C[C@]12C[C@H]1C[C@@H]3C[C@H]4C[C@]5(CO)O[C@H]6Oc7cccc8c7C(=O)[C@@]7(C(O)=CC(Cc9cccc(CO)c9)=C[C@@H]7C8=O)[C@H](CCCO)SSCNC7=CC(=C3CN7)[C@]1(C2)[C@H]4[C@](O)([C@@H]5O)[C@H]6O. The predicted molar refractivity (Wildman–Crippen MR) is 323 cm³/mol. The summed E-state index contributed by atoms with van der Waals surface area (Å²) in [5.74, 6) is -2.18. The number of benzene rings is 3. The monoisotopic (exact) mass is 1210 g/mol. The fraction of sp³-hybridized carbons (Fsp3) is 0.580. The van der Waals surface area contributed by atoms with Gasteiger partial charge in [-0.05, 0) is 213 Å². The van der Waals surface area contributed by atoms with E-state index in [0.717, 1.165) is 93.2 Å². The summed E-state index contributed by atoms with van der Waals surface area (Å²) in [5.41, 5.74) is -1.73. The normalized spacial score (nSPS) is 42.4. The lowest BCUT2D eigenvalue weighted by Gasteiger charge is -2.65. The van der Waals surface area contributed by atoms with Gasteiger partial charge in [0.25, 0.3) is 0 Å². The van der Waals surface area contributed by atoms with Crippen LogP contribution in [0.25, 0.3) is 0 Å². The van der Waals surface area contributed by atoms with Crippen LogP contribution in [0.15, 0.2) is 113 Å². The van der Waals surface area contributed by atoms with Gasteiger partial charge in [0.15, 0.2) is 11.6 Å². The number of nitrogens with one attached hydrogen (secondary N) is 2. The van der Waals surface area contributed by atoms with Gasteiger partial charge in [-0.1, -0.05) is 76.2 Å². The summed E-state index contributed by atoms with van der Waals surface area (Å²) in [7, 11) is 2.82. The third-order valence-electron chi connectivity index (χ3n) is 24.5. The van der Waals surface area contributed by atoms with Crippen LogP contribution in [0.5, 0.6) is 11.5 Å². The van der Waals surface area contributed by atoms with E-state index in [2.05, 4.69) is 22.8 Å². The molecule has 0 amide bonds. The number of phenolic OH excluding ortho intramolecular Hbond substituents is 1. The average molecular weight is 1210 g/mol. The largest absolute Gasteiger partial charge is 0.511 e. The highest BCUT2D eigenvalue weighted by Crippen LogP contribution is 2.80. The number of Topliss-reactive ketones (excluding diaryl/α,β-unsaturated/α-hetero) is 2. The number of allylic oxidation sites excluding steroid dienone is 6. The molecule has 10 aliphatic carbocycles. The average Bonchev–Trinajstić information content (AvgIpc) is 1.41.